The van der Waals surface area contributed by atoms with Crippen LogP contribution in [0.4, 0.5) is 13.2 Å². The monoisotopic (exact) mass is 552 g/mol. The molecule has 1 amide bonds. The van der Waals surface area contributed by atoms with E-state index < -0.39 is 6.36 Å². The van der Waals surface area contributed by atoms with Gasteiger partial charge in [0, 0.05) is 47.1 Å². The number of carbonyl (C=O) groups is 1. The van der Waals surface area contributed by atoms with Gasteiger partial charge in [0.25, 0.3) is 5.91 Å². The van der Waals surface area contributed by atoms with Crippen LogP contribution in [0.3, 0.4) is 0 Å². The standard InChI is InChI=1S/C27H25Cl2F3N2O3/c1-15-7-19(37-27(30,31)32)9-18-5-6-33(24(15)18)12-21-22(28)4-3-20(23(21)29)25(36)34-13-26(14-34)10-17(11-26)8-16(2)35/h3-7,9,17,35H,2,8,10-14H2,1H3. The number of hydrogen-bond acceptors (Lipinski definition) is 3. The van der Waals surface area contributed by atoms with Crippen LogP contribution >= 0.6 is 23.2 Å². The third-order valence-electron chi connectivity index (χ3n) is 7.31. The molecule has 2 aliphatic rings. The van der Waals surface area contributed by atoms with Crippen LogP contribution in [0.25, 0.3) is 10.9 Å². The van der Waals surface area contributed by atoms with Gasteiger partial charge < -0.3 is 19.3 Å². The van der Waals surface area contributed by atoms with Crippen LogP contribution in [-0.2, 0) is 6.54 Å². The fourth-order valence-corrected chi connectivity index (χ4v) is 6.49. The molecule has 37 heavy (non-hydrogen) atoms. The lowest BCUT2D eigenvalue weighted by Gasteiger charge is -2.59. The van der Waals surface area contributed by atoms with E-state index in [4.69, 9.17) is 23.2 Å². The molecule has 10 heteroatoms. The molecule has 2 fully saturated rings. The molecule has 0 bridgehead atoms. The zero-order valence-corrected chi connectivity index (χ0v) is 21.6. The van der Waals surface area contributed by atoms with Crippen molar-refractivity contribution >= 4 is 40.0 Å². The molecule has 0 radical (unpaired) electrons. The largest absolute Gasteiger partial charge is 0.573 e. The Balaban J connectivity index is 1.34. The van der Waals surface area contributed by atoms with Crippen LogP contribution in [0.1, 0.15) is 40.7 Å². The van der Waals surface area contributed by atoms with Crippen molar-refractivity contribution in [1.29, 1.82) is 0 Å². The minimum Gasteiger partial charge on any atom is -0.513 e. The molecule has 2 heterocycles. The highest BCUT2D eigenvalue weighted by Gasteiger charge is 2.53. The van der Waals surface area contributed by atoms with E-state index in [1.54, 1.807) is 36.2 Å². The van der Waals surface area contributed by atoms with Crippen molar-refractivity contribution in [2.75, 3.05) is 13.1 Å². The lowest BCUT2D eigenvalue weighted by molar-refractivity contribution is -0.274. The molecule has 0 unspecified atom stereocenters. The zero-order valence-electron chi connectivity index (χ0n) is 20.0. The van der Waals surface area contributed by atoms with Crippen molar-refractivity contribution < 1.29 is 27.8 Å². The van der Waals surface area contributed by atoms with E-state index in [2.05, 4.69) is 11.3 Å². The van der Waals surface area contributed by atoms with Gasteiger partial charge in [0.05, 0.1) is 28.4 Å². The van der Waals surface area contributed by atoms with E-state index in [1.807, 2.05) is 4.57 Å². The summed E-state index contributed by atoms with van der Waals surface area (Å²) < 4.78 is 43.9. The van der Waals surface area contributed by atoms with Crippen molar-refractivity contribution in [3.63, 3.8) is 0 Å². The Labute approximate surface area is 222 Å². The van der Waals surface area contributed by atoms with Gasteiger partial charge >= 0.3 is 6.36 Å². The first-order valence-corrected chi connectivity index (χ1v) is 12.6. The predicted molar refractivity (Wildman–Crippen MR) is 136 cm³/mol. The summed E-state index contributed by atoms with van der Waals surface area (Å²) in [6.45, 7) is 6.80. The minimum atomic E-state index is -4.78. The Hall–Kier alpha value is -2.84. The molecule has 1 spiro atoms. The Morgan fingerprint density at radius 3 is 2.57 bits per heavy atom. The molecule has 1 aromatic heterocycles. The van der Waals surface area contributed by atoms with E-state index in [1.165, 1.54) is 12.1 Å². The fraction of sp³-hybridized carbons (Fsp3) is 0.370. The summed E-state index contributed by atoms with van der Waals surface area (Å²) in [7, 11) is 0. The van der Waals surface area contributed by atoms with Gasteiger partial charge in [-0.1, -0.05) is 29.8 Å². The van der Waals surface area contributed by atoms with Gasteiger partial charge in [0.1, 0.15) is 5.75 Å². The van der Waals surface area contributed by atoms with Gasteiger partial charge in [-0.05, 0) is 61.6 Å². The second-order valence-corrected chi connectivity index (χ2v) is 11.0. The number of rotatable bonds is 6. The molecular weight excluding hydrogens is 528 g/mol. The minimum absolute atomic E-state index is 0.119. The molecule has 5 rings (SSSR count). The maximum Gasteiger partial charge on any atom is 0.573 e. The molecule has 2 aromatic carbocycles. The number of nitrogens with zero attached hydrogens (tertiary/aromatic N) is 2. The molecule has 1 aliphatic heterocycles. The molecule has 1 saturated heterocycles. The Kier molecular flexibility index (Phi) is 6.39. The normalized spacial score (nSPS) is 17.1. The SMILES string of the molecule is C=C(O)CC1CC2(C1)CN(C(=O)c1ccc(Cl)c(Cn3ccc4cc(OC(F)(F)F)cc(C)c43)c1Cl)C2. The molecule has 5 nitrogen and oxygen atoms in total. The highest BCUT2D eigenvalue weighted by atomic mass is 35.5. The van der Waals surface area contributed by atoms with Gasteiger partial charge in [-0.3, -0.25) is 4.79 Å². The molecule has 3 aromatic rings. The van der Waals surface area contributed by atoms with Crippen molar-refractivity contribution in [3.05, 3.63) is 75.6 Å². The number of allylic oxidation sites excluding steroid dienone is 1. The van der Waals surface area contributed by atoms with E-state index >= 15 is 0 Å². The fourth-order valence-electron chi connectivity index (χ4n) is 5.92. The molecule has 1 saturated carbocycles. The first-order chi connectivity index (χ1) is 17.3. The lowest BCUT2D eigenvalue weighted by Crippen LogP contribution is -2.63. The van der Waals surface area contributed by atoms with Gasteiger partial charge in [0.2, 0.25) is 0 Å². The zero-order chi connectivity index (χ0) is 26.7. The number of aromatic nitrogens is 1. The number of aliphatic hydroxyl groups excluding tert-OH is 1. The van der Waals surface area contributed by atoms with E-state index in [9.17, 15) is 23.1 Å². The third kappa shape index (κ3) is 5.01. The molecule has 0 atom stereocenters. The number of alkyl halides is 3. The first kappa shape index (κ1) is 25.8. The average Bonchev–Trinajstić information content (AvgIpc) is 3.13. The summed E-state index contributed by atoms with van der Waals surface area (Å²) >= 11 is 13.2. The summed E-state index contributed by atoms with van der Waals surface area (Å²) in [4.78, 5) is 15.0. The lowest BCUT2D eigenvalue weighted by atomic mass is 9.57. The number of aryl methyl sites for hydroxylation is 1. The van der Waals surface area contributed by atoms with Crippen LogP contribution in [0.15, 0.2) is 48.9 Å². The van der Waals surface area contributed by atoms with Gasteiger partial charge in [0.15, 0.2) is 0 Å². The predicted octanol–water partition coefficient (Wildman–Crippen LogP) is 7.52. The number of benzene rings is 2. The highest BCUT2D eigenvalue weighted by molar-refractivity contribution is 6.38. The smallest absolute Gasteiger partial charge is 0.513 e. The quantitative estimate of drug-likeness (QED) is 0.322. The van der Waals surface area contributed by atoms with Crippen LogP contribution in [0, 0.1) is 18.3 Å². The topological polar surface area (TPSA) is 54.7 Å². The number of likely N-dealkylation sites (tertiary alicyclic amines) is 1. The highest BCUT2D eigenvalue weighted by Crippen LogP contribution is 2.54. The maximum atomic E-state index is 13.3. The average molecular weight is 553 g/mol. The number of aliphatic hydroxyl groups is 1. The summed E-state index contributed by atoms with van der Waals surface area (Å²) in [5.74, 6) is 0.168. The van der Waals surface area contributed by atoms with E-state index in [0.717, 1.165) is 12.8 Å². The second kappa shape index (κ2) is 9.17. The number of fused-ring (bicyclic) bond motifs is 1. The van der Waals surface area contributed by atoms with Crippen LogP contribution in [-0.4, -0.2) is 39.9 Å². The third-order valence-corrected chi connectivity index (χ3v) is 8.10. The number of carbonyl (C=O) groups excluding carboxylic acids is 1. The van der Waals surface area contributed by atoms with E-state index in [0.29, 0.717) is 58.0 Å². The summed E-state index contributed by atoms with van der Waals surface area (Å²) in [5, 5.41) is 10.6. The molecule has 1 aliphatic carbocycles. The summed E-state index contributed by atoms with van der Waals surface area (Å²) in [6, 6.07) is 7.62. The van der Waals surface area contributed by atoms with Crippen LogP contribution in [0.5, 0.6) is 5.75 Å². The van der Waals surface area contributed by atoms with Gasteiger partial charge in [-0.25, -0.2) is 0 Å². The number of amides is 1. The van der Waals surface area contributed by atoms with Crippen molar-refractivity contribution in [1.82, 2.24) is 9.47 Å². The summed E-state index contributed by atoms with van der Waals surface area (Å²) in [6.07, 6.45) is -0.505. The Morgan fingerprint density at radius 2 is 1.92 bits per heavy atom. The van der Waals surface area contributed by atoms with Gasteiger partial charge in [-0.15, -0.1) is 13.2 Å². The van der Waals surface area contributed by atoms with Gasteiger partial charge in [-0.2, -0.15) is 0 Å². The number of ether oxygens (including phenoxy) is 1. The molecule has 1 N–H and O–H groups in total. The summed E-state index contributed by atoms with van der Waals surface area (Å²) in [5.41, 5.74) is 2.35. The molecular formula is C27H25Cl2F3N2O3. The number of hydrogen-bond donors (Lipinski definition) is 1. The number of halogens is 5. The van der Waals surface area contributed by atoms with E-state index in [-0.39, 0.29) is 34.4 Å². The maximum absolute atomic E-state index is 13.3. The second-order valence-electron chi connectivity index (χ2n) is 10.3. The Bertz CT molecular complexity index is 1400. The van der Waals surface area contributed by atoms with Crippen molar-refractivity contribution in [3.8, 4) is 5.75 Å². The first-order valence-electron chi connectivity index (χ1n) is 11.8. The van der Waals surface area contributed by atoms with Crippen molar-refractivity contribution in [2.45, 2.75) is 39.1 Å². The van der Waals surface area contributed by atoms with Crippen LogP contribution < -0.4 is 4.74 Å². The van der Waals surface area contributed by atoms with Crippen LogP contribution in [0.2, 0.25) is 10.0 Å². The molecule has 196 valence electrons. The van der Waals surface area contributed by atoms with Crippen molar-refractivity contribution in [2.24, 2.45) is 11.3 Å². The Morgan fingerprint density at radius 1 is 1.22 bits per heavy atom.